The van der Waals surface area contributed by atoms with Crippen molar-refractivity contribution < 1.29 is 9.53 Å². The maximum absolute atomic E-state index is 12.2. The molecule has 0 saturated heterocycles. The molecular formula is C17H16BrNO2. The molecule has 0 spiro atoms. The minimum atomic E-state index is -0.172. The van der Waals surface area contributed by atoms with E-state index in [1.165, 1.54) is 0 Å². The fraction of sp³-hybridized carbons (Fsp3) is 0.118. The second-order valence-corrected chi connectivity index (χ2v) is 5.65. The molecule has 2 aromatic rings. The van der Waals surface area contributed by atoms with Crippen molar-refractivity contribution in [1.82, 2.24) is 0 Å². The average Bonchev–Trinajstić information content (AvgIpc) is 2.45. The van der Waals surface area contributed by atoms with Crippen LogP contribution in [0.5, 0.6) is 5.75 Å². The lowest BCUT2D eigenvalue weighted by Gasteiger charge is -2.09. The maximum Gasteiger partial charge on any atom is 0.255 e. The number of ether oxygens (including phenoxy) is 1. The van der Waals surface area contributed by atoms with Gasteiger partial charge in [-0.15, -0.1) is 0 Å². The number of carbonyl (C=O) groups is 1. The van der Waals surface area contributed by atoms with Gasteiger partial charge in [-0.2, -0.15) is 0 Å². The second-order valence-electron chi connectivity index (χ2n) is 4.74. The third-order valence-electron chi connectivity index (χ3n) is 2.66. The lowest BCUT2D eigenvalue weighted by Crippen LogP contribution is -2.12. The van der Waals surface area contributed by atoms with E-state index in [4.69, 9.17) is 4.74 Å². The maximum atomic E-state index is 12.2. The average molecular weight is 346 g/mol. The molecule has 0 aliphatic carbocycles. The van der Waals surface area contributed by atoms with E-state index in [1.807, 2.05) is 37.3 Å². The number of carbonyl (C=O) groups excluding carboxylic acids is 1. The van der Waals surface area contributed by atoms with Gasteiger partial charge in [-0.1, -0.05) is 34.6 Å². The Balaban J connectivity index is 2.08. The van der Waals surface area contributed by atoms with E-state index in [0.29, 0.717) is 17.9 Å². The van der Waals surface area contributed by atoms with Gasteiger partial charge in [0.05, 0.1) is 0 Å². The van der Waals surface area contributed by atoms with E-state index < -0.39 is 0 Å². The van der Waals surface area contributed by atoms with Crippen LogP contribution in [0.15, 0.2) is 65.2 Å². The van der Waals surface area contributed by atoms with Crippen LogP contribution in [0.1, 0.15) is 17.3 Å². The number of nitrogens with one attached hydrogen (secondary N) is 1. The first-order chi connectivity index (χ1) is 10.0. The molecule has 0 fully saturated rings. The van der Waals surface area contributed by atoms with Gasteiger partial charge >= 0.3 is 0 Å². The highest BCUT2D eigenvalue weighted by Gasteiger charge is 2.07. The van der Waals surface area contributed by atoms with Gasteiger partial charge in [-0.25, -0.2) is 0 Å². The molecule has 3 nitrogen and oxygen atoms in total. The van der Waals surface area contributed by atoms with Crippen molar-refractivity contribution >= 4 is 27.5 Å². The number of amides is 1. The Morgan fingerprint density at radius 3 is 2.71 bits per heavy atom. The van der Waals surface area contributed by atoms with E-state index in [0.717, 1.165) is 15.7 Å². The van der Waals surface area contributed by atoms with Gasteiger partial charge in [0.25, 0.3) is 5.91 Å². The third kappa shape index (κ3) is 4.76. The van der Waals surface area contributed by atoms with Crippen LogP contribution in [0.25, 0.3) is 0 Å². The monoisotopic (exact) mass is 345 g/mol. The molecular weight excluding hydrogens is 330 g/mol. The summed E-state index contributed by atoms with van der Waals surface area (Å²) in [4.78, 5) is 12.2. The van der Waals surface area contributed by atoms with Gasteiger partial charge in [0, 0.05) is 15.7 Å². The molecule has 4 heteroatoms. The number of halogens is 1. The van der Waals surface area contributed by atoms with Crippen LogP contribution in [-0.4, -0.2) is 12.5 Å². The highest BCUT2D eigenvalue weighted by atomic mass is 79.9. The zero-order valence-electron chi connectivity index (χ0n) is 11.7. The standard InChI is InChI=1S/C17H16BrNO2/c1-12(2)11-21-16-8-3-5-13(9-16)17(20)19-15-7-4-6-14(18)10-15/h3-10H,1,11H2,2H3,(H,19,20). The van der Waals surface area contributed by atoms with Crippen molar-refractivity contribution in [1.29, 1.82) is 0 Å². The Morgan fingerprint density at radius 1 is 1.24 bits per heavy atom. The lowest BCUT2D eigenvalue weighted by atomic mass is 10.2. The highest BCUT2D eigenvalue weighted by Crippen LogP contribution is 2.18. The molecule has 0 heterocycles. The van der Waals surface area contributed by atoms with Crippen molar-refractivity contribution in [3.8, 4) is 5.75 Å². The number of rotatable bonds is 5. The molecule has 1 amide bonds. The summed E-state index contributed by atoms with van der Waals surface area (Å²) >= 11 is 3.37. The summed E-state index contributed by atoms with van der Waals surface area (Å²) in [7, 11) is 0. The fourth-order valence-corrected chi connectivity index (χ4v) is 2.10. The molecule has 0 saturated carbocycles. The lowest BCUT2D eigenvalue weighted by molar-refractivity contribution is 0.102. The smallest absolute Gasteiger partial charge is 0.255 e. The fourth-order valence-electron chi connectivity index (χ4n) is 1.70. The Labute approximate surface area is 132 Å². The summed E-state index contributed by atoms with van der Waals surface area (Å²) < 4.78 is 6.46. The molecule has 2 rings (SSSR count). The molecule has 0 aromatic heterocycles. The van der Waals surface area contributed by atoms with Crippen LogP contribution < -0.4 is 10.1 Å². The Hall–Kier alpha value is -2.07. The third-order valence-corrected chi connectivity index (χ3v) is 3.16. The predicted octanol–water partition coefficient (Wildman–Crippen LogP) is 4.66. The zero-order chi connectivity index (χ0) is 15.2. The summed E-state index contributed by atoms with van der Waals surface area (Å²) in [6.45, 7) is 6.12. The Kier molecular flexibility index (Phi) is 5.17. The number of anilines is 1. The summed E-state index contributed by atoms with van der Waals surface area (Å²) in [5.74, 6) is 0.480. The van der Waals surface area contributed by atoms with Gasteiger partial charge in [0.1, 0.15) is 12.4 Å². The van der Waals surface area contributed by atoms with Gasteiger partial charge in [-0.3, -0.25) is 4.79 Å². The Morgan fingerprint density at radius 2 is 2.00 bits per heavy atom. The van der Waals surface area contributed by atoms with Crippen LogP contribution in [-0.2, 0) is 0 Å². The zero-order valence-corrected chi connectivity index (χ0v) is 13.3. The van der Waals surface area contributed by atoms with E-state index in [9.17, 15) is 4.79 Å². The summed E-state index contributed by atoms with van der Waals surface area (Å²) in [6.07, 6.45) is 0. The first-order valence-electron chi connectivity index (χ1n) is 6.49. The molecule has 0 aliphatic heterocycles. The first kappa shape index (κ1) is 15.3. The van der Waals surface area contributed by atoms with Gasteiger partial charge < -0.3 is 10.1 Å². The molecule has 0 unspecified atom stereocenters. The van der Waals surface area contributed by atoms with E-state index in [-0.39, 0.29) is 5.91 Å². The highest BCUT2D eigenvalue weighted by molar-refractivity contribution is 9.10. The normalized spacial score (nSPS) is 10.0. The van der Waals surface area contributed by atoms with Gasteiger partial charge in [0.15, 0.2) is 0 Å². The molecule has 1 N–H and O–H groups in total. The summed E-state index contributed by atoms with van der Waals surface area (Å²) in [5, 5.41) is 2.85. The quantitative estimate of drug-likeness (QED) is 0.800. The first-order valence-corrected chi connectivity index (χ1v) is 7.28. The molecule has 2 aromatic carbocycles. The predicted molar refractivity (Wildman–Crippen MR) is 88.8 cm³/mol. The minimum absolute atomic E-state index is 0.172. The van der Waals surface area contributed by atoms with E-state index >= 15 is 0 Å². The van der Waals surface area contributed by atoms with Crippen molar-refractivity contribution in [2.75, 3.05) is 11.9 Å². The summed E-state index contributed by atoms with van der Waals surface area (Å²) in [5.41, 5.74) is 2.22. The van der Waals surface area contributed by atoms with Crippen LogP contribution in [0, 0.1) is 0 Å². The number of hydrogen-bond acceptors (Lipinski definition) is 2. The topological polar surface area (TPSA) is 38.3 Å². The number of benzene rings is 2. The molecule has 0 atom stereocenters. The largest absolute Gasteiger partial charge is 0.489 e. The second kappa shape index (κ2) is 7.09. The van der Waals surface area contributed by atoms with Crippen molar-refractivity contribution in [2.24, 2.45) is 0 Å². The van der Waals surface area contributed by atoms with E-state index in [2.05, 4.69) is 27.8 Å². The van der Waals surface area contributed by atoms with Crippen molar-refractivity contribution in [3.05, 3.63) is 70.7 Å². The van der Waals surface area contributed by atoms with Crippen molar-refractivity contribution in [2.45, 2.75) is 6.92 Å². The van der Waals surface area contributed by atoms with Crippen molar-refractivity contribution in [3.63, 3.8) is 0 Å². The molecule has 0 bridgehead atoms. The van der Waals surface area contributed by atoms with Crippen LogP contribution in [0.4, 0.5) is 5.69 Å². The molecule has 0 aliphatic rings. The summed E-state index contributed by atoms with van der Waals surface area (Å²) in [6, 6.07) is 14.5. The molecule has 108 valence electrons. The van der Waals surface area contributed by atoms with Gasteiger partial charge in [-0.05, 0) is 48.9 Å². The molecule has 0 radical (unpaired) electrons. The van der Waals surface area contributed by atoms with E-state index in [1.54, 1.807) is 18.2 Å². The van der Waals surface area contributed by atoms with Crippen LogP contribution >= 0.6 is 15.9 Å². The Bertz CT molecular complexity index is 667. The minimum Gasteiger partial charge on any atom is -0.489 e. The SMILES string of the molecule is C=C(C)COc1cccc(C(=O)Nc2cccc(Br)c2)c1. The van der Waals surface area contributed by atoms with Crippen LogP contribution in [0.3, 0.4) is 0 Å². The number of hydrogen-bond donors (Lipinski definition) is 1. The molecule has 21 heavy (non-hydrogen) atoms. The van der Waals surface area contributed by atoms with Gasteiger partial charge in [0.2, 0.25) is 0 Å². The van der Waals surface area contributed by atoms with Crippen LogP contribution in [0.2, 0.25) is 0 Å².